The average molecular weight is 285 g/mol. The van der Waals surface area contributed by atoms with Crippen molar-refractivity contribution in [3.05, 3.63) is 16.1 Å². The Hall–Kier alpha value is -1.63. The quantitative estimate of drug-likeness (QED) is 0.865. The lowest BCUT2D eigenvalue weighted by atomic mass is 10.00. The standard InChI is InChI=1S/C12H19N3O3S/c1-5-12(3,10(16)17)14-11(18)15(4)6-9-8(2)13-7-19-9/h7H,5-6H2,1-4H3,(H,14,18)(H,16,17). The molecule has 1 aromatic rings. The second-order valence-corrected chi connectivity index (χ2v) is 5.58. The minimum Gasteiger partial charge on any atom is -0.480 e. The summed E-state index contributed by atoms with van der Waals surface area (Å²) in [6.07, 6.45) is 0.321. The molecule has 0 aromatic carbocycles. The van der Waals surface area contributed by atoms with E-state index in [-0.39, 0.29) is 0 Å². The topological polar surface area (TPSA) is 82.5 Å². The second-order valence-electron chi connectivity index (χ2n) is 4.64. The first-order valence-corrected chi connectivity index (χ1v) is 6.83. The summed E-state index contributed by atoms with van der Waals surface area (Å²) in [6.45, 7) is 5.52. The molecule has 0 aliphatic carbocycles. The number of carbonyl (C=O) groups is 2. The van der Waals surface area contributed by atoms with Gasteiger partial charge in [-0.15, -0.1) is 11.3 Å². The highest BCUT2D eigenvalue weighted by Gasteiger charge is 2.33. The molecule has 7 heteroatoms. The fourth-order valence-electron chi connectivity index (χ4n) is 1.39. The molecule has 0 spiro atoms. The van der Waals surface area contributed by atoms with Crippen LogP contribution in [0.1, 0.15) is 30.8 Å². The summed E-state index contributed by atoms with van der Waals surface area (Å²) in [4.78, 5) is 29.7. The fraction of sp³-hybridized carbons (Fsp3) is 0.583. The van der Waals surface area contributed by atoms with Crippen LogP contribution in [-0.4, -0.2) is 39.6 Å². The second kappa shape index (κ2) is 6.01. The van der Waals surface area contributed by atoms with Crippen molar-refractivity contribution in [2.45, 2.75) is 39.3 Å². The van der Waals surface area contributed by atoms with Gasteiger partial charge in [0.25, 0.3) is 0 Å². The molecule has 0 radical (unpaired) electrons. The van der Waals surface area contributed by atoms with Crippen LogP contribution in [0.4, 0.5) is 4.79 Å². The number of hydrogen-bond acceptors (Lipinski definition) is 4. The maximum Gasteiger partial charge on any atom is 0.329 e. The molecule has 0 saturated heterocycles. The number of aromatic nitrogens is 1. The number of carbonyl (C=O) groups excluding carboxylic acids is 1. The molecule has 0 aliphatic rings. The van der Waals surface area contributed by atoms with Gasteiger partial charge in [-0.25, -0.2) is 14.6 Å². The Bertz CT molecular complexity index is 475. The molecule has 1 heterocycles. The van der Waals surface area contributed by atoms with E-state index in [0.29, 0.717) is 13.0 Å². The summed E-state index contributed by atoms with van der Waals surface area (Å²) in [5.41, 5.74) is 1.37. The van der Waals surface area contributed by atoms with Gasteiger partial charge in [0.15, 0.2) is 0 Å². The number of carboxylic acids is 1. The third-order valence-corrected chi connectivity index (χ3v) is 4.05. The van der Waals surface area contributed by atoms with Gasteiger partial charge in [-0.1, -0.05) is 6.92 Å². The summed E-state index contributed by atoms with van der Waals surface area (Å²) >= 11 is 1.48. The van der Waals surface area contributed by atoms with E-state index in [9.17, 15) is 9.59 Å². The van der Waals surface area contributed by atoms with E-state index >= 15 is 0 Å². The van der Waals surface area contributed by atoms with Gasteiger partial charge in [-0.05, 0) is 20.3 Å². The predicted molar refractivity (Wildman–Crippen MR) is 73.2 cm³/mol. The zero-order chi connectivity index (χ0) is 14.6. The van der Waals surface area contributed by atoms with Gasteiger partial charge in [-0.2, -0.15) is 0 Å². The molecule has 2 amide bonds. The van der Waals surface area contributed by atoms with Crippen LogP contribution in [0.3, 0.4) is 0 Å². The molecule has 1 unspecified atom stereocenters. The number of nitrogens with one attached hydrogen (secondary N) is 1. The van der Waals surface area contributed by atoms with Crippen molar-refractivity contribution in [2.24, 2.45) is 0 Å². The van der Waals surface area contributed by atoms with Crippen LogP contribution in [0.2, 0.25) is 0 Å². The molecule has 0 aliphatic heterocycles. The largest absolute Gasteiger partial charge is 0.480 e. The minimum absolute atomic E-state index is 0.321. The average Bonchev–Trinajstić information content (AvgIpc) is 2.74. The van der Waals surface area contributed by atoms with Gasteiger partial charge in [0.05, 0.1) is 17.7 Å². The third-order valence-electron chi connectivity index (χ3n) is 3.13. The number of aryl methyl sites for hydroxylation is 1. The summed E-state index contributed by atoms with van der Waals surface area (Å²) in [5.74, 6) is -1.04. The number of aliphatic carboxylic acids is 1. The van der Waals surface area contributed by atoms with Crippen molar-refractivity contribution in [1.29, 1.82) is 0 Å². The molecule has 2 N–H and O–H groups in total. The highest BCUT2D eigenvalue weighted by Crippen LogP contribution is 2.15. The van der Waals surface area contributed by atoms with Crippen molar-refractivity contribution in [3.8, 4) is 0 Å². The van der Waals surface area contributed by atoms with Crippen LogP contribution in [0.25, 0.3) is 0 Å². The van der Waals surface area contributed by atoms with E-state index in [2.05, 4.69) is 10.3 Å². The molecule has 0 saturated carbocycles. The molecule has 1 rings (SSSR count). The monoisotopic (exact) mass is 285 g/mol. The molecule has 0 fully saturated rings. The van der Waals surface area contributed by atoms with E-state index in [1.807, 2.05) is 6.92 Å². The van der Waals surface area contributed by atoms with Crippen LogP contribution in [-0.2, 0) is 11.3 Å². The number of urea groups is 1. The number of carboxylic acid groups (broad SMARTS) is 1. The molecule has 106 valence electrons. The van der Waals surface area contributed by atoms with Crippen LogP contribution in [0, 0.1) is 6.92 Å². The maximum absolute atomic E-state index is 12.0. The van der Waals surface area contributed by atoms with Crippen LogP contribution >= 0.6 is 11.3 Å². The Kier molecular flexibility index (Phi) is 4.88. The van der Waals surface area contributed by atoms with Gasteiger partial charge in [-0.3, -0.25) is 0 Å². The predicted octanol–water partition coefficient (Wildman–Crippen LogP) is 1.85. The van der Waals surface area contributed by atoms with Crippen molar-refractivity contribution in [2.75, 3.05) is 7.05 Å². The number of nitrogens with zero attached hydrogens (tertiary/aromatic N) is 2. The Labute approximate surface area is 116 Å². The van der Waals surface area contributed by atoms with E-state index in [4.69, 9.17) is 5.11 Å². The number of thiazole rings is 1. The molecule has 0 bridgehead atoms. The SMILES string of the molecule is CCC(C)(NC(=O)N(C)Cc1scnc1C)C(=O)O. The van der Waals surface area contributed by atoms with Crippen molar-refractivity contribution in [1.82, 2.24) is 15.2 Å². The fourth-order valence-corrected chi connectivity index (χ4v) is 2.22. The maximum atomic E-state index is 12.0. The molecule has 1 aromatic heterocycles. The lowest BCUT2D eigenvalue weighted by Crippen LogP contribution is -2.54. The minimum atomic E-state index is -1.24. The third kappa shape index (κ3) is 3.66. The zero-order valence-electron chi connectivity index (χ0n) is 11.6. The first-order valence-electron chi connectivity index (χ1n) is 5.95. The summed E-state index contributed by atoms with van der Waals surface area (Å²) in [5, 5.41) is 11.7. The molecule has 1 atom stereocenters. The van der Waals surface area contributed by atoms with E-state index in [1.165, 1.54) is 23.2 Å². The van der Waals surface area contributed by atoms with E-state index in [1.54, 1.807) is 19.5 Å². The van der Waals surface area contributed by atoms with Gasteiger partial charge >= 0.3 is 12.0 Å². The highest BCUT2D eigenvalue weighted by molar-refractivity contribution is 7.09. The summed E-state index contributed by atoms with van der Waals surface area (Å²) < 4.78 is 0. The lowest BCUT2D eigenvalue weighted by molar-refractivity contribution is -0.143. The van der Waals surface area contributed by atoms with Crippen molar-refractivity contribution < 1.29 is 14.7 Å². The summed E-state index contributed by atoms with van der Waals surface area (Å²) in [6, 6.07) is -0.403. The first kappa shape index (κ1) is 15.4. The van der Waals surface area contributed by atoms with Crippen molar-refractivity contribution in [3.63, 3.8) is 0 Å². The first-order chi connectivity index (χ1) is 8.80. The lowest BCUT2D eigenvalue weighted by Gasteiger charge is -2.27. The zero-order valence-corrected chi connectivity index (χ0v) is 12.4. The molecular weight excluding hydrogens is 266 g/mol. The number of rotatable bonds is 5. The van der Waals surface area contributed by atoms with Crippen LogP contribution < -0.4 is 5.32 Å². The van der Waals surface area contributed by atoms with Gasteiger partial charge in [0.2, 0.25) is 0 Å². The van der Waals surface area contributed by atoms with Gasteiger partial charge in [0, 0.05) is 11.9 Å². The normalized spacial score (nSPS) is 13.7. The summed E-state index contributed by atoms with van der Waals surface area (Å²) in [7, 11) is 1.63. The smallest absolute Gasteiger partial charge is 0.329 e. The van der Waals surface area contributed by atoms with E-state index < -0.39 is 17.5 Å². The van der Waals surface area contributed by atoms with Crippen LogP contribution in [0.15, 0.2) is 5.51 Å². The van der Waals surface area contributed by atoms with Gasteiger partial charge < -0.3 is 15.3 Å². The van der Waals surface area contributed by atoms with Gasteiger partial charge in [0.1, 0.15) is 5.54 Å². The molecule has 19 heavy (non-hydrogen) atoms. The molecular formula is C12H19N3O3S. The Balaban J connectivity index is 2.68. The Morgan fingerprint density at radius 3 is 2.63 bits per heavy atom. The Morgan fingerprint density at radius 1 is 1.58 bits per heavy atom. The highest BCUT2D eigenvalue weighted by atomic mass is 32.1. The van der Waals surface area contributed by atoms with Crippen LogP contribution in [0.5, 0.6) is 0 Å². The number of amides is 2. The van der Waals surface area contributed by atoms with E-state index in [0.717, 1.165) is 10.6 Å². The Morgan fingerprint density at radius 2 is 2.21 bits per heavy atom. The number of hydrogen-bond donors (Lipinski definition) is 2. The molecule has 6 nitrogen and oxygen atoms in total. The van der Waals surface area contributed by atoms with Crippen molar-refractivity contribution >= 4 is 23.3 Å².